The Morgan fingerprint density at radius 2 is 1.82 bits per heavy atom. The Labute approximate surface area is 129 Å². The fraction of sp³-hybridized carbons (Fsp3) is 0.353. The number of carbonyl (C=O) groups excluding carboxylic acids is 1. The molecule has 3 rings (SSSR count). The molecule has 114 valence electrons. The SMILES string of the molecule is CCOC(=O)[C@H]1C[C@@H]1C(O)(c1ccccn1)c1ccccn1. The van der Waals surface area contributed by atoms with Gasteiger partial charge in [-0.25, -0.2) is 0 Å². The number of hydrogen-bond donors (Lipinski definition) is 1. The molecule has 2 aromatic heterocycles. The average molecular weight is 298 g/mol. The molecule has 0 aromatic carbocycles. The number of pyridine rings is 2. The Bertz CT molecular complexity index is 606. The second-order valence-corrected chi connectivity index (χ2v) is 5.40. The summed E-state index contributed by atoms with van der Waals surface area (Å²) in [5.74, 6) is -0.844. The predicted molar refractivity (Wildman–Crippen MR) is 79.7 cm³/mol. The van der Waals surface area contributed by atoms with Gasteiger partial charge in [0.1, 0.15) is 0 Å². The zero-order chi connectivity index (χ0) is 15.6. The predicted octanol–water partition coefficient (Wildman–Crippen LogP) is 1.91. The number of ether oxygens (including phenoxy) is 1. The average Bonchev–Trinajstić information content (AvgIpc) is 3.37. The molecule has 1 fully saturated rings. The van der Waals surface area contributed by atoms with Gasteiger partial charge in [-0.2, -0.15) is 0 Å². The maximum absolute atomic E-state index is 12.0. The van der Waals surface area contributed by atoms with E-state index in [1.807, 2.05) is 12.1 Å². The number of aliphatic hydroxyl groups is 1. The minimum absolute atomic E-state index is 0.266. The molecule has 2 atom stereocenters. The van der Waals surface area contributed by atoms with Crippen molar-refractivity contribution in [2.45, 2.75) is 18.9 Å². The Hall–Kier alpha value is -2.27. The van der Waals surface area contributed by atoms with Crippen molar-refractivity contribution in [3.05, 3.63) is 60.2 Å². The monoisotopic (exact) mass is 298 g/mol. The summed E-state index contributed by atoms with van der Waals surface area (Å²) in [6.07, 6.45) is 3.83. The van der Waals surface area contributed by atoms with Crippen molar-refractivity contribution in [1.82, 2.24) is 9.97 Å². The molecular formula is C17H18N2O3. The summed E-state index contributed by atoms with van der Waals surface area (Å²) >= 11 is 0. The highest BCUT2D eigenvalue weighted by Gasteiger charge is 2.59. The molecule has 0 unspecified atom stereocenters. The molecule has 0 radical (unpaired) electrons. The molecule has 0 amide bonds. The van der Waals surface area contributed by atoms with Crippen LogP contribution < -0.4 is 0 Å². The summed E-state index contributed by atoms with van der Waals surface area (Å²) < 4.78 is 5.07. The summed E-state index contributed by atoms with van der Waals surface area (Å²) in [6, 6.07) is 10.7. The first-order valence-electron chi connectivity index (χ1n) is 7.40. The lowest BCUT2D eigenvalue weighted by Crippen LogP contribution is -2.34. The van der Waals surface area contributed by atoms with E-state index >= 15 is 0 Å². The number of hydrogen-bond acceptors (Lipinski definition) is 5. The molecular weight excluding hydrogens is 280 g/mol. The van der Waals surface area contributed by atoms with Crippen LogP contribution in [0.25, 0.3) is 0 Å². The van der Waals surface area contributed by atoms with Gasteiger partial charge in [-0.05, 0) is 37.6 Å². The quantitative estimate of drug-likeness (QED) is 0.854. The third kappa shape index (κ3) is 2.48. The van der Waals surface area contributed by atoms with Gasteiger partial charge in [-0.1, -0.05) is 12.1 Å². The summed E-state index contributed by atoms with van der Waals surface area (Å²) in [6.45, 7) is 2.12. The van der Waals surface area contributed by atoms with Gasteiger partial charge < -0.3 is 9.84 Å². The second kappa shape index (κ2) is 5.85. The van der Waals surface area contributed by atoms with E-state index in [-0.39, 0.29) is 17.8 Å². The summed E-state index contributed by atoms with van der Waals surface area (Å²) in [7, 11) is 0. The van der Waals surface area contributed by atoms with Crippen LogP contribution in [-0.2, 0) is 15.1 Å². The number of esters is 1. The fourth-order valence-corrected chi connectivity index (χ4v) is 2.85. The first kappa shape index (κ1) is 14.7. The summed E-state index contributed by atoms with van der Waals surface area (Å²) in [5, 5.41) is 11.3. The lowest BCUT2D eigenvalue weighted by molar-refractivity contribution is -0.146. The van der Waals surface area contributed by atoms with Crippen LogP contribution in [0.2, 0.25) is 0 Å². The Kier molecular flexibility index (Phi) is 3.90. The van der Waals surface area contributed by atoms with Crippen LogP contribution in [0.1, 0.15) is 24.7 Å². The lowest BCUT2D eigenvalue weighted by atomic mass is 9.87. The zero-order valence-electron chi connectivity index (χ0n) is 12.3. The molecule has 5 nitrogen and oxygen atoms in total. The highest BCUT2D eigenvalue weighted by molar-refractivity contribution is 5.76. The first-order valence-corrected chi connectivity index (χ1v) is 7.40. The molecule has 0 aliphatic heterocycles. The molecule has 0 bridgehead atoms. The number of carbonyl (C=O) groups is 1. The molecule has 5 heteroatoms. The van der Waals surface area contributed by atoms with Crippen LogP contribution in [0, 0.1) is 11.8 Å². The van der Waals surface area contributed by atoms with Gasteiger partial charge in [0.25, 0.3) is 0 Å². The van der Waals surface area contributed by atoms with Gasteiger partial charge in [0.2, 0.25) is 0 Å². The van der Waals surface area contributed by atoms with Crippen molar-refractivity contribution in [3.63, 3.8) is 0 Å². The van der Waals surface area contributed by atoms with Crippen LogP contribution in [0.4, 0.5) is 0 Å². The number of aromatic nitrogens is 2. The molecule has 1 aliphatic rings. The summed E-state index contributed by atoms with van der Waals surface area (Å²) in [4.78, 5) is 20.5. The Balaban J connectivity index is 1.98. The van der Waals surface area contributed by atoms with Crippen LogP contribution in [-0.4, -0.2) is 27.7 Å². The molecule has 22 heavy (non-hydrogen) atoms. The van der Waals surface area contributed by atoms with Crippen LogP contribution in [0.5, 0.6) is 0 Å². The van der Waals surface area contributed by atoms with E-state index in [4.69, 9.17) is 4.74 Å². The van der Waals surface area contributed by atoms with Crippen LogP contribution >= 0.6 is 0 Å². The van der Waals surface area contributed by atoms with Crippen molar-refractivity contribution >= 4 is 5.97 Å². The van der Waals surface area contributed by atoms with Gasteiger partial charge >= 0.3 is 5.97 Å². The molecule has 0 spiro atoms. The molecule has 2 heterocycles. The lowest BCUT2D eigenvalue weighted by Gasteiger charge is -2.27. The maximum atomic E-state index is 12.0. The normalized spacial score (nSPS) is 20.5. The van der Waals surface area contributed by atoms with Crippen LogP contribution in [0.3, 0.4) is 0 Å². The van der Waals surface area contributed by atoms with Crippen molar-refractivity contribution in [3.8, 4) is 0 Å². The minimum Gasteiger partial charge on any atom is -0.466 e. The first-order chi connectivity index (χ1) is 10.7. The van der Waals surface area contributed by atoms with Crippen molar-refractivity contribution < 1.29 is 14.6 Å². The molecule has 1 N–H and O–H groups in total. The minimum atomic E-state index is -1.38. The molecule has 1 saturated carbocycles. The third-order valence-corrected chi connectivity index (χ3v) is 4.03. The highest BCUT2D eigenvalue weighted by Crippen LogP contribution is 2.53. The second-order valence-electron chi connectivity index (χ2n) is 5.40. The third-order valence-electron chi connectivity index (χ3n) is 4.03. The van der Waals surface area contributed by atoms with Crippen molar-refractivity contribution in [2.24, 2.45) is 11.8 Å². The van der Waals surface area contributed by atoms with Gasteiger partial charge in [0, 0.05) is 18.3 Å². The van der Waals surface area contributed by atoms with E-state index < -0.39 is 5.60 Å². The standard InChI is InChI=1S/C17H18N2O3/c1-2-22-16(20)12-11-13(12)17(21,14-7-3-5-9-18-14)15-8-4-6-10-19-15/h3-10,12-13,21H,2,11H2,1H3/t12-,13-/m0/s1. The Morgan fingerprint density at radius 3 is 2.27 bits per heavy atom. The maximum Gasteiger partial charge on any atom is 0.309 e. The van der Waals surface area contributed by atoms with E-state index in [1.54, 1.807) is 43.6 Å². The highest BCUT2D eigenvalue weighted by atomic mass is 16.5. The van der Waals surface area contributed by atoms with E-state index in [1.165, 1.54) is 0 Å². The van der Waals surface area contributed by atoms with E-state index in [0.717, 1.165) is 0 Å². The number of rotatable bonds is 5. The van der Waals surface area contributed by atoms with Gasteiger partial charge in [0.15, 0.2) is 5.60 Å². The van der Waals surface area contributed by atoms with E-state index in [0.29, 0.717) is 24.4 Å². The van der Waals surface area contributed by atoms with Crippen molar-refractivity contribution in [2.75, 3.05) is 6.61 Å². The van der Waals surface area contributed by atoms with Gasteiger partial charge in [-0.3, -0.25) is 14.8 Å². The fourth-order valence-electron chi connectivity index (χ4n) is 2.85. The van der Waals surface area contributed by atoms with E-state index in [2.05, 4.69) is 9.97 Å². The van der Waals surface area contributed by atoms with E-state index in [9.17, 15) is 9.90 Å². The smallest absolute Gasteiger partial charge is 0.309 e. The van der Waals surface area contributed by atoms with Crippen molar-refractivity contribution in [1.29, 1.82) is 0 Å². The van der Waals surface area contributed by atoms with Crippen LogP contribution in [0.15, 0.2) is 48.8 Å². The van der Waals surface area contributed by atoms with Gasteiger partial charge in [-0.15, -0.1) is 0 Å². The molecule has 0 saturated heterocycles. The summed E-state index contributed by atoms with van der Waals surface area (Å²) in [5.41, 5.74) is -0.365. The zero-order valence-corrected chi connectivity index (χ0v) is 12.3. The topological polar surface area (TPSA) is 72.3 Å². The largest absolute Gasteiger partial charge is 0.466 e. The molecule has 1 aliphatic carbocycles. The number of nitrogens with zero attached hydrogens (tertiary/aromatic N) is 2. The Morgan fingerprint density at radius 1 is 1.23 bits per heavy atom. The van der Waals surface area contributed by atoms with Gasteiger partial charge in [0.05, 0.1) is 23.9 Å². The molecule has 2 aromatic rings.